The molecule has 0 aromatic rings. The standard InChI is InChI=1S/C11H20OS2/c1-3-4-5-7-10(12)11(2)13-8-6-9-14-11/h5,7,10,12H,3-4,6,8-9H2,1-2H3/b7-5+. The lowest BCUT2D eigenvalue weighted by Gasteiger charge is -2.35. The van der Waals surface area contributed by atoms with E-state index < -0.39 is 0 Å². The van der Waals surface area contributed by atoms with E-state index in [-0.39, 0.29) is 10.2 Å². The van der Waals surface area contributed by atoms with Crippen molar-refractivity contribution >= 4 is 23.5 Å². The average molecular weight is 232 g/mol. The maximum Gasteiger partial charge on any atom is 0.0956 e. The number of thioether (sulfide) groups is 2. The summed E-state index contributed by atoms with van der Waals surface area (Å²) in [6.45, 7) is 4.31. The third kappa shape index (κ3) is 3.52. The van der Waals surface area contributed by atoms with Crippen molar-refractivity contribution in [3.63, 3.8) is 0 Å². The fourth-order valence-corrected chi connectivity index (χ4v) is 4.29. The van der Waals surface area contributed by atoms with E-state index in [1.807, 2.05) is 29.6 Å². The largest absolute Gasteiger partial charge is 0.387 e. The van der Waals surface area contributed by atoms with Crippen LogP contribution in [0.2, 0.25) is 0 Å². The smallest absolute Gasteiger partial charge is 0.0956 e. The maximum atomic E-state index is 10.0. The van der Waals surface area contributed by atoms with E-state index in [9.17, 15) is 5.11 Å². The van der Waals surface area contributed by atoms with Crippen molar-refractivity contribution in [1.82, 2.24) is 0 Å². The van der Waals surface area contributed by atoms with Crippen LogP contribution in [-0.4, -0.2) is 26.8 Å². The van der Waals surface area contributed by atoms with Gasteiger partial charge in [0.1, 0.15) is 0 Å². The maximum absolute atomic E-state index is 10.0. The van der Waals surface area contributed by atoms with Gasteiger partial charge in [-0.1, -0.05) is 25.5 Å². The molecule has 0 bridgehead atoms. The molecule has 0 aromatic carbocycles. The molecule has 0 aromatic heterocycles. The summed E-state index contributed by atoms with van der Waals surface area (Å²) < 4.78 is -0.0114. The van der Waals surface area contributed by atoms with Crippen molar-refractivity contribution < 1.29 is 5.11 Å². The molecular weight excluding hydrogens is 212 g/mol. The van der Waals surface area contributed by atoms with E-state index in [1.54, 1.807) is 0 Å². The molecule has 0 amide bonds. The fourth-order valence-electron chi connectivity index (χ4n) is 1.39. The van der Waals surface area contributed by atoms with Crippen LogP contribution in [0.5, 0.6) is 0 Å². The lowest BCUT2D eigenvalue weighted by atomic mass is 10.2. The number of allylic oxidation sites excluding steroid dienone is 1. The monoisotopic (exact) mass is 232 g/mol. The van der Waals surface area contributed by atoms with Crippen LogP contribution in [0.3, 0.4) is 0 Å². The molecule has 1 aliphatic heterocycles. The van der Waals surface area contributed by atoms with Crippen molar-refractivity contribution in [2.24, 2.45) is 0 Å². The number of aliphatic hydroxyl groups is 1. The highest BCUT2D eigenvalue weighted by Crippen LogP contribution is 2.44. The Morgan fingerprint density at radius 3 is 2.64 bits per heavy atom. The fraction of sp³-hybridized carbons (Fsp3) is 0.818. The summed E-state index contributed by atoms with van der Waals surface area (Å²) in [6, 6.07) is 0. The van der Waals surface area contributed by atoms with Gasteiger partial charge in [-0.2, -0.15) is 0 Å². The van der Waals surface area contributed by atoms with Crippen LogP contribution in [0.4, 0.5) is 0 Å². The van der Waals surface area contributed by atoms with E-state index in [1.165, 1.54) is 17.9 Å². The second-order valence-corrected chi connectivity index (χ2v) is 7.08. The number of aliphatic hydroxyl groups excluding tert-OH is 1. The number of unbranched alkanes of at least 4 members (excludes halogenated alkanes) is 1. The topological polar surface area (TPSA) is 20.2 Å². The predicted molar refractivity (Wildman–Crippen MR) is 68.0 cm³/mol. The summed E-state index contributed by atoms with van der Waals surface area (Å²) in [5.41, 5.74) is 0. The first-order valence-electron chi connectivity index (χ1n) is 5.31. The van der Waals surface area contributed by atoms with Gasteiger partial charge < -0.3 is 5.11 Å². The molecule has 14 heavy (non-hydrogen) atoms. The van der Waals surface area contributed by atoms with Crippen LogP contribution in [0.15, 0.2) is 12.2 Å². The highest BCUT2D eigenvalue weighted by molar-refractivity contribution is 8.18. The van der Waals surface area contributed by atoms with Gasteiger partial charge in [0.05, 0.1) is 10.2 Å². The van der Waals surface area contributed by atoms with Crippen LogP contribution in [0, 0.1) is 0 Å². The molecule has 1 unspecified atom stereocenters. The molecule has 1 aliphatic rings. The molecule has 1 rings (SSSR count). The molecule has 1 N–H and O–H groups in total. The van der Waals surface area contributed by atoms with Crippen molar-refractivity contribution in [3.05, 3.63) is 12.2 Å². The third-order valence-electron chi connectivity index (χ3n) is 2.38. The van der Waals surface area contributed by atoms with Gasteiger partial charge in [0, 0.05) is 0 Å². The molecule has 82 valence electrons. The van der Waals surface area contributed by atoms with Crippen LogP contribution >= 0.6 is 23.5 Å². The van der Waals surface area contributed by atoms with Crippen molar-refractivity contribution in [2.45, 2.75) is 43.3 Å². The Morgan fingerprint density at radius 1 is 1.43 bits per heavy atom. The van der Waals surface area contributed by atoms with Crippen LogP contribution in [0.1, 0.15) is 33.1 Å². The van der Waals surface area contributed by atoms with Gasteiger partial charge in [0.2, 0.25) is 0 Å². The van der Waals surface area contributed by atoms with Crippen molar-refractivity contribution in [1.29, 1.82) is 0 Å². The molecule has 1 fully saturated rings. The number of hydrogen-bond acceptors (Lipinski definition) is 3. The Kier molecular flexibility index (Phi) is 5.42. The Hall–Kier alpha value is 0.400. The zero-order valence-corrected chi connectivity index (χ0v) is 10.7. The summed E-state index contributed by atoms with van der Waals surface area (Å²) >= 11 is 3.79. The Bertz CT molecular complexity index is 186. The molecule has 0 radical (unpaired) electrons. The minimum atomic E-state index is -0.302. The zero-order valence-electron chi connectivity index (χ0n) is 9.03. The average Bonchev–Trinajstić information content (AvgIpc) is 2.19. The predicted octanol–water partition coefficient (Wildman–Crippen LogP) is 3.29. The molecule has 1 nitrogen and oxygen atoms in total. The summed E-state index contributed by atoms with van der Waals surface area (Å²) in [6.07, 6.45) is 7.27. The third-order valence-corrected chi connectivity index (χ3v) is 5.70. The molecule has 0 spiro atoms. The minimum absolute atomic E-state index is 0.0114. The summed E-state index contributed by atoms with van der Waals surface area (Å²) in [7, 11) is 0. The van der Waals surface area contributed by atoms with Gasteiger partial charge in [-0.15, -0.1) is 23.5 Å². The first-order valence-corrected chi connectivity index (χ1v) is 7.29. The second-order valence-electron chi connectivity index (χ2n) is 3.73. The van der Waals surface area contributed by atoms with E-state index in [2.05, 4.69) is 19.9 Å². The summed E-state index contributed by atoms with van der Waals surface area (Å²) in [5.74, 6) is 2.37. The van der Waals surface area contributed by atoms with Gasteiger partial charge in [-0.25, -0.2) is 0 Å². The molecule has 1 heterocycles. The van der Waals surface area contributed by atoms with E-state index in [0.717, 1.165) is 12.8 Å². The SMILES string of the molecule is CCC/C=C/C(O)C1(C)SCCCS1. The van der Waals surface area contributed by atoms with Gasteiger partial charge >= 0.3 is 0 Å². The van der Waals surface area contributed by atoms with Crippen LogP contribution in [0.25, 0.3) is 0 Å². The highest BCUT2D eigenvalue weighted by atomic mass is 32.2. The van der Waals surface area contributed by atoms with Crippen LogP contribution < -0.4 is 0 Å². The zero-order chi connectivity index (χ0) is 10.4. The molecule has 1 atom stereocenters. The lowest BCUT2D eigenvalue weighted by Crippen LogP contribution is -2.34. The Labute approximate surface area is 95.7 Å². The van der Waals surface area contributed by atoms with Gasteiger partial charge in [-0.05, 0) is 31.3 Å². The first-order chi connectivity index (χ1) is 6.69. The van der Waals surface area contributed by atoms with Crippen molar-refractivity contribution in [3.8, 4) is 0 Å². The van der Waals surface area contributed by atoms with Gasteiger partial charge in [0.25, 0.3) is 0 Å². The van der Waals surface area contributed by atoms with Crippen molar-refractivity contribution in [2.75, 3.05) is 11.5 Å². The Balaban J connectivity index is 2.44. The first kappa shape index (κ1) is 12.5. The van der Waals surface area contributed by atoms with Gasteiger partial charge in [0.15, 0.2) is 0 Å². The normalized spacial score (nSPS) is 23.9. The van der Waals surface area contributed by atoms with Gasteiger partial charge in [-0.3, -0.25) is 0 Å². The summed E-state index contributed by atoms with van der Waals surface area (Å²) in [4.78, 5) is 0. The minimum Gasteiger partial charge on any atom is -0.387 e. The molecule has 0 saturated carbocycles. The number of hydrogen-bond donors (Lipinski definition) is 1. The molecule has 0 aliphatic carbocycles. The Morgan fingerprint density at radius 2 is 2.07 bits per heavy atom. The van der Waals surface area contributed by atoms with E-state index >= 15 is 0 Å². The highest BCUT2D eigenvalue weighted by Gasteiger charge is 2.34. The molecular formula is C11H20OS2. The summed E-state index contributed by atoms with van der Waals surface area (Å²) in [5, 5.41) is 10.0. The molecule has 1 saturated heterocycles. The van der Waals surface area contributed by atoms with E-state index in [0.29, 0.717) is 0 Å². The lowest BCUT2D eigenvalue weighted by molar-refractivity contribution is 0.214. The van der Waals surface area contributed by atoms with E-state index in [4.69, 9.17) is 0 Å². The van der Waals surface area contributed by atoms with Crippen LogP contribution in [-0.2, 0) is 0 Å². The molecule has 3 heteroatoms. The number of rotatable bonds is 4. The quantitative estimate of drug-likeness (QED) is 0.751. The second kappa shape index (κ2) is 6.09.